The quantitative estimate of drug-likeness (QED) is 0.314. The molecule has 0 aliphatic carbocycles. The number of amides is 2. The van der Waals surface area contributed by atoms with E-state index >= 15 is 0 Å². The van der Waals surface area contributed by atoms with Crippen LogP contribution in [0, 0.1) is 5.92 Å². The second-order valence-corrected chi connectivity index (χ2v) is 9.85. The largest absolute Gasteiger partial charge is 0.354 e. The topological polar surface area (TPSA) is 49.4 Å². The molecule has 0 bridgehead atoms. The summed E-state index contributed by atoms with van der Waals surface area (Å²) in [5.41, 5.74) is 0.830. The SMILES string of the molecule is CC(C)CNC(=O)[C@@H](C)N(Cc1ccccc1Cl)C(=O)CCCSc1ccc(Cl)cc1. The molecule has 7 heteroatoms. The fraction of sp³-hybridized carbons (Fsp3) is 0.417. The Morgan fingerprint density at radius 2 is 1.71 bits per heavy atom. The van der Waals surface area contributed by atoms with Crippen molar-refractivity contribution in [1.82, 2.24) is 10.2 Å². The average Bonchev–Trinajstić information content (AvgIpc) is 2.75. The molecule has 4 nitrogen and oxygen atoms in total. The Morgan fingerprint density at radius 3 is 2.35 bits per heavy atom. The molecule has 0 aliphatic rings. The Hall–Kier alpha value is -1.69. The first-order valence-electron chi connectivity index (χ1n) is 10.5. The van der Waals surface area contributed by atoms with Gasteiger partial charge in [0, 0.05) is 34.5 Å². The van der Waals surface area contributed by atoms with Crippen LogP contribution in [0.5, 0.6) is 0 Å². The van der Waals surface area contributed by atoms with Gasteiger partial charge in [0.25, 0.3) is 0 Å². The molecular weight excluding hydrogens is 451 g/mol. The molecule has 0 aromatic heterocycles. The van der Waals surface area contributed by atoms with E-state index in [0.29, 0.717) is 41.9 Å². The molecule has 0 saturated carbocycles. The van der Waals surface area contributed by atoms with E-state index in [-0.39, 0.29) is 11.8 Å². The van der Waals surface area contributed by atoms with Crippen molar-refractivity contribution in [2.24, 2.45) is 5.92 Å². The molecule has 0 aliphatic heterocycles. The van der Waals surface area contributed by atoms with Gasteiger partial charge in [0.15, 0.2) is 0 Å². The number of nitrogens with zero attached hydrogens (tertiary/aromatic N) is 1. The predicted octanol–water partition coefficient (Wildman–Crippen LogP) is 6.06. The lowest BCUT2D eigenvalue weighted by atomic mass is 10.1. The highest BCUT2D eigenvalue weighted by molar-refractivity contribution is 7.99. The van der Waals surface area contributed by atoms with Crippen molar-refractivity contribution < 1.29 is 9.59 Å². The zero-order valence-electron chi connectivity index (χ0n) is 18.2. The Balaban J connectivity index is 2.00. The normalized spacial score (nSPS) is 11.9. The number of hydrogen-bond acceptors (Lipinski definition) is 3. The van der Waals surface area contributed by atoms with Gasteiger partial charge in [-0.3, -0.25) is 9.59 Å². The third kappa shape index (κ3) is 8.76. The summed E-state index contributed by atoms with van der Waals surface area (Å²) in [5, 5.41) is 4.23. The monoisotopic (exact) mass is 480 g/mol. The van der Waals surface area contributed by atoms with E-state index in [4.69, 9.17) is 23.2 Å². The summed E-state index contributed by atoms with van der Waals surface area (Å²) in [6, 6.07) is 14.5. The summed E-state index contributed by atoms with van der Waals surface area (Å²) in [6.07, 6.45) is 1.08. The van der Waals surface area contributed by atoms with E-state index in [0.717, 1.165) is 16.2 Å². The molecule has 0 heterocycles. The summed E-state index contributed by atoms with van der Waals surface area (Å²) >= 11 is 13.9. The van der Waals surface area contributed by atoms with Gasteiger partial charge < -0.3 is 10.2 Å². The Bertz CT molecular complexity index is 859. The second kappa shape index (κ2) is 13.0. The van der Waals surface area contributed by atoms with Crippen molar-refractivity contribution in [3.05, 3.63) is 64.1 Å². The molecule has 168 valence electrons. The van der Waals surface area contributed by atoms with Gasteiger partial charge in [0.05, 0.1) is 0 Å². The van der Waals surface area contributed by atoms with Crippen LogP contribution in [0.1, 0.15) is 39.2 Å². The highest BCUT2D eigenvalue weighted by atomic mass is 35.5. The van der Waals surface area contributed by atoms with E-state index in [1.807, 2.05) is 56.3 Å². The van der Waals surface area contributed by atoms with Crippen LogP contribution in [-0.4, -0.2) is 35.1 Å². The second-order valence-electron chi connectivity index (χ2n) is 7.83. The van der Waals surface area contributed by atoms with E-state index in [2.05, 4.69) is 5.32 Å². The molecule has 0 unspecified atom stereocenters. The van der Waals surface area contributed by atoms with Gasteiger partial charge >= 0.3 is 0 Å². The fourth-order valence-electron chi connectivity index (χ4n) is 2.93. The number of thioether (sulfide) groups is 1. The van der Waals surface area contributed by atoms with E-state index in [1.165, 1.54) is 0 Å². The maximum absolute atomic E-state index is 13.1. The number of hydrogen-bond donors (Lipinski definition) is 1. The zero-order chi connectivity index (χ0) is 22.8. The Morgan fingerprint density at radius 1 is 1.03 bits per heavy atom. The highest BCUT2D eigenvalue weighted by Crippen LogP contribution is 2.23. The number of nitrogens with one attached hydrogen (secondary N) is 1. The van der Waals surface area contributed by atoms with Crippen LogP contribution in [0.4, 0.5) is 0 Å². The minimum absolute atomic E-state index is 0.0520. The van der Waals surface area contributed by atoms with Crippen LogP contribution in [0.3, 0.4) is 0 Å². The summed E-state index contributed by atoms with van der Waals surface area (Å²) in [5.74, 6) is 0.948. The molecule has 1 N–H and O–H groups in total. The first-order chi connectivity index (χ1) is 14.8. The molecule has 31 heavy (non-hydrogen) atoms. The van der Waals surface area contributed by atoms with Crippen molar-refractivity contribution in [3.8, 4) is 0 Å². The Kier molecular flexibility index (Phi) is 10.7. The van der Waals surface area contributed by atoms with Crippen LogP contribution >= 0.6 is 35.0 Å². The molecule has 2 rings (SSSR count). The summed E-state index contributed by atoms with van der Waals surface area (Å²) < 4.78 is 0. The van der Waals surface area contributed by atoms with Gasteiger partial charge in [-0.25, -0.2) is 0 Å². The van der Waals surface area contributed by atoms with Gasteiger partial charge in [-0.2, -0.15) is 0 Å². The fourth-order valence-corrected chi connectivity index (χ4v) is 4.11. The minimum atomic E-state index is -0.577. The molecule has 0 spiro atoms. The summed E-state index contributed by atoms with van der Waals surface area (Å²) in [4.78, 5) is 28.5. The minimum Gasteiger partial charge on any atom is -0.354 e. The highest BCUT2D eigenvalue weighted by Gasteiger charge is 2.26. The van der Waals surface area contributed by atoms with Gasteiger partial charge in [-0.1, -0.05) is 55.2 Å². The molecule has 1 atom stereocenters. The molecule has 0 radical (unpaired) electrons. The molecule has 0 saturated heterocycles. The number of halogens is 2. The van der Waals surface area contributed by atoms with E-state index in [1.54, 1.807) is 29.7 Å². The molecule has 2 aromatic carbocycles. The van der Waals surface area contributed by atoms with Crippen molar-refractivity contribution in [3.63, 3.8) is 0 Å². The molecular formula is C24H30Cl2N2O2S. The van der Waals surface area contributed by atoms with Gasteiger partial charge in [0.2, 0.25) is 11.8 Å². The first kappa shape index (κ1) is 25.6. The number of carbonyl (C=O) groups excluding carboxylic acids is 2. The first-order valence-corrected chi connectivity index (χ1v) is 12.2. The van der Waals surface area contributed by atoms with Crippen LogP contribution < -0.4 is 5.32 Å². The average molecular weight is 481 g/mol. The van der Waals surface area contributed by atoms with E-state index in [9.17, 15) is 9.59 Å². The third-order valence-electron chi connectivity index (χ3n) is 4.77. The maximum Gasteiger partial charge on any atom is 0.242 e. The lowest BCUT2D eigenvalue weighted by Crippen LogP contribution is -2.48. The summed E-state index contributed by atoms with van der Waals surface area (Å²) in [7, 11) is 0. The van der Waals surface area contributed by atoms with Crippen molar-refractivity contribution in [2.45, 2.75) is 51.1 Å². The number of carbonyl (C=O) groups is 2. The van der Waals surface area contributed by atoms with Crippen LogP contribution in [0.25, 0.3) is 0 Å². The number of rotatable bonds is 11. The van der Waals surface area contributed by atoms with E-state index < -0.39 is 6.04 Å². The van der Waals surface area contributed by atoms with Crippen LogP contribution in [0.2, 0.25) is 10.0 Å². The lowest BCUT2D eigenvalue weighted by molar-refractivity contribution is -0.140. The zero-order valence-corrected chi connectivity index (χ0v) is 20.6. The van der Waals surface area contributed by atoms with Crippen LogP contribution in [0.15, 0.2) is 53.4 Å². The van der Waals surface area contributed by atoms with Gasteiger partial charge in [-0.05, 0) is 60.9 Å². The number of benzene rings is 2. The standard InChI is InChI=1S/C24H30Cl2N2O2S/c1-17(2)15-27-24(30)18(3)28(16-19-7-4-5-8-22(19)26)23(29)9-6-14-31-21-12-10-20(25)11-13-21/h4-5,7-8,10-13,17-18H,6,9,14-16H2,1-3H3,(H,27,30)/t18-/m1/s1. The third-order valence-corrected chi connectivity index (χ3v) is 6.49. The summed E-state index contributed by atoms with van der Waals surface area (Å²) in [6.45, 7) is 6.73. The lowest BCUT2D eigenvalue weighted by Gasteiger charge is -2.29. The molecule has 2 aromatic rings. The van der Waals surface area contributed by atoms with Crippen molar-refractivity contribution in [2.75, 3.05) is 12.3 Å². The van der Waals surface area contributed by atoms with Crippen molar-refractivity contribution in [1.29, 1.82) is 0 Å². The molecule has 0 fully saturated rings. The molecule has 2 amide bonds. The maximum atomic E-state index is 13.1. The predicted molar refractivity (Wildman–Crippen MR) is 131 cm³/mol. The smallest absolute Gasteiger partial charge is 0.242 e. The van der Waals surface area contributed by atoms with Gasteiger partial charge in [0.1, 0.15) is 6.04 Å². The van der Waals surface area contributed by atoms with Gasteiger partial charge in [-0.15, -0.1) is 11.8 Å². The van der Waals surface area contributed by atoms with Crippen molar-refractivity contribution >= 4 is 46.8 Å². The Labute approximate surface area is 199 Å². The van der Waals surface area contributed by atoms with Crippen LogP contribution in [-0.2, 0) is 16.1 Å².